The van der Waals surface area contributed by atoms with E-state index < -0.39 is 6.04 Å². The summed E-state index contributed by atoms with van der Waals surface area (Å²) in [7, 11) is 0. The van der Waals surface area contributed by atoms with Crippen molar-refractivity contribution in [1.82, 2.24) is 5.32 Å². The standard InChI is InChI=1S/C20H26N2O.ClH/c1-13-5-7-18(8-6-13)19(21)20(23)22-16(4)12-17-10-14(2)9-15(3)11-17;/h5-11,16,19H,12,21H2,1-4H3,(H,22,23);1H. The second-order valence-corrected chi connectivity index (χ2v) is 6.50. The van der Waals surface area contributed by atoms with Gasteiger partial charge in [0.15, 0.2) is 0 Å². The van der Waals surface area contributed by atoms with Gasteiger partial charge in [0, 0.05) is 6.04 Å². The highest BCUT2D eigenvalue weighted by molar-refractivity contribution is 5.85. The molecule has 0 spiro atoms. The highest BCUT2D eigenvalue weighted by atomic mass is 35.5. The Labute approximate surface area is 151 Å². The second-order valence-electron chi connectivity index (χ2n) is 6.50. The lowest BCUT2D eigenvalue weighted by Crippen LogP contribution is -2.40. The summed E-state index contributed by atoms with van der Waals surface area (Å²) in [4.78, 5) is 12.3. The van der Waals surface area contributed by atoms with Crippen molar-refractivity contribution in [3.63, 3.8) is 0 Å². The molecule has 2 rings (SSSR count). The van der Waals surface area contributed by atoms with E-state index in [4.69, 9.17) is 5.73 Å². The Morgan fingerprint density at radius 1 is 1.00 bits per heavy atom. The van der Waals surface area contributed by atoms with Gasteiger partial charge in [-0.15, -0.1) is 12.4 Å². The highest BCUT2D eigenvalue weighted by Gasteiger charge is 2.17. The van der Waals surface area contributed by atoms with Crippen LogP contribution in [-0.4, -0.2) is 11.9 Å². The molecule has 2 unspecified atom stereocenters. The van der Waals surface area contributed by atoms with E-state index >= 15 is 0 Å². The fourth-order valence-corrected chi connectivity index (χ4v) is 2.85. The maximum Gasteiger partial charge on any atom is 0.241 e. The number of halogens is 1. The summed E-state index contributed by atoms with van der Waals surface area (Å²) in [6, 6.07) is 13.7. The predicted octanol–water partition coefficient (Wildman–Crippen LogP) is 3.78. The number of carbonyl (C=O) groups is 1. The molecule has 0 saturated carbocycles. The third-order valence-corrected chi connectivity index (χ3v) is 3.93. The number of nitrogens with two attached hydrogens (primary N) is 1. The Balaban J connectivity index is 0.00000288. The van der Waals surface area contributed by atoms with Crippen LogP contribution in [0.15, 0.2) is 42.5 Å². The predicted molar refractivity (Wildman–Crippen MR) is 103 cm³/mol. The summed E-state index contributed by atoms with van der Waals surface area (Å²) < 4.78 is 0. The molecule has 0 aliphatic rings. The topological polar surface area (TPSA) is 55.1 Å². The van der Waals surface area contributed by atoms with E-state index in [2.05, 4.69) is 37.4 Å². The van der Waals surface area contributed by atoms with Crippen molar-refractivity contribution in [2.45, 2.75) is 46.2 Å². The van der Waals surface area contributed by atoms with Gasteiger partial charge in [0.1, 0.15) is 6.04 Å². The monoisotopic (exact) mass is 346 g/mol. The van der Waals surface area contributed by atoms with Crippen LogP contribution in [0.1, 0.15) is 40.8 Å². The fraction of sp³-hybridized carbons (Fsp3) is 0.350. The van der Waals surface area contributed by atoms with E-state index in [0.717, 1.165) is 17.5 Å². The van der Waals surface area contributed by atoms with Gasteiger partial charge in [0.05, 0.1) is 0 Å². The van der Waals surface area contributed by atoms with Crippen molar-refractivity contribution in [3.8, 4) is 0 Å². The van der Waals surface area contributed by atoms with Crippen molar-refractivity contribution in [3.05, 3.63) is 70.3 Å². The molecule has 2 aromatic carbocycles. The van der Waals surface area contributed by atoms with E-state index in [9.17, 15) is 4.79 Å². The third-order valence-electron chi connectivity index (χ3n) is 3.93. The Bertz CT molecular complexity index is 662. The van der Waals surface area contributed by atoms with Crippen LogP contribution >= 0.6 is 12.4 Å². The lowest BCUT2D eigenvalue weighted by Gasteiger charge is -2.18. The van der Waals surface area contributed by atoms with Gasteiger partial charge < -0.3 is 11.1 Å². The van der Waals surface area contributed by atoms with Gasteiger partial charge in [0.25, 0.3) is 0 Å². The summed E-state index contributed by atoms with van der Waals surface area (Å²) in [6.45, 7) is 8.21. The zero-order valence-electron chi connectivity index (χ0n) is 14.8. The van der Waals surface area contributed by atoms with Gasteiger partial charge in [-0.25, -0.2) is 0 Å². The van der Waals surface area contributed by atoms with E-state index in [1.54, 1.807) is 0 Å². The first-order chi connectivity index (χ1) is 10.8. The van der Waals surface area contributed by atoms with E-state index in [-0.39, 0.29) is 24.4 Å². The zero-order chi connectivity index (χ0) is 17.0. The van der Waals surface area contributed by atoms with Gasteiger partial charge in [-0.3, -0.25) is 4.79 Å². The molecule has 1 amide bonds. The minimum Gasteiger partial charge on any atom is -0.352 e. The largest absolute Gasteiger partial charge is 0.352 e. The maximum atomic E-state index is 12.3. The quantitative estimate of drug-likeness (QED) is 0.865. The van der Waals surface area contributed by atoms with E-state index in [0.29, 0.717) is 0 Å². The molecule has 0 radical (unpaired) electrons. The molecule has 130 valence electrons. The molecule has 0 aromatic heterocycles. The second kappa shape index (κ2) is 8.86. The van der Waals surface area contributed by atoms with Crippen LogP contribution in [0.2, 0.25) is 0 Å². The molecule has 0 aliphatic heterocycles. The van der Waals surface area contributed by atoms with Crippen LogP contribution in [0.3, 0.4) is 0 Å². The Morgan fingerprint density at radius 2 is 1.54 bits per heavy atom. The smallest absolute Gasteiger partial charge is 0.241 e. The maximum absolute atomic E-state index is 12.3. The molecule has 3 N–H and O–H groups in total. The van der Waals surface area contributed by atoms with Crippen LogP contribution < -0.4 is 11.1 Å². The molecule has 0 bridgehead atoms. The van der Waals surface area contributed by atoms with Gasteiger partial charge in [-0.1, -0.05) is 59.2 Å². The SMILES string of the molecule is Cc1ccc(C(N)C(=O)NC(C)Cc2cc(C)cc(C)c2)cc1.Cl. The first-order valence-electron chi connectivity index (χ1n) is 8.05. The van der Waals surface area contributed by atoms with Gasteiger partial charge in [-0.05, 0) is 45.2 Å². The molecule has 2 aromatic rings. The number of amides is 1. The van der Waals surface area contributed by atoms with Crippen molar-refractivity contribution in [2.24, 2.45) is 5.73 Å². The summed E-state index contributed by atoms with van der Waals surface area (Å²) >= 11 is 0. The fourth-order valence-electron chi connectivity index (χ4n) is 2.85. The van der Waals surface area contributed by atoms with Crippen molar-refractivity contribution < 1.29 is 4.79 Å². The van der Waals surface area contributed by atoms with E-state index in [1.807, 2.05) is 38.1 Å². The number of carbonyl (C=O) groups excluding carboxylic acids is 1. The Morgan fingerprint density at radius 3 is 2.08 bits per heavy atom. The van der Waals surface area contributed by atoms with Gasteiger partial charge in [0.2, 0.25) is 5.91 Å². The van der Waals surface area contributed by atoms with Crippen molar-refractivity contribution in [1.29, 1.82) is 0 Å². The molecule has 0 fully saturated rings. The Kier molecular flexibility index (Phi) is 7.46. The zero-order valence-corrected chi connectivity index (χ0v) is 15.6. The molecule has 3 nitrogen and oxygen atoms in total. The number of aryl methyl sites for hydroxylation is 3. The molecule has 2 atom stereocenters. The first-order valence-corrected chi connectivity index (χ1v) is 8.05. The number of benzene rings is 2. The van der Waals surface area contributed by atoms with E-state index in [1.165, 1.54) is 16.7 Å². The number of hydrogen-bond donors (Lipinski definition) is 2. The van der Waals surface area contributed by atoms with Gasteiger partial charge in [-0.2, -0.15) is 0 Å². The van der Waals surface area contributed by atoms with Crippen molar-refractivity contribution >= 4 is 18.3 Å². The molecular weight excluding hydrogens is 320 g/mol. The lowest BCUT2D eigenvalue weighted by atomic mass is 10.0. The summed E-state index contributed by atoms with van der Waals surface area (Å²) in [5.41, 5.74) is 11.8. The van der Waals surface area contributed by atoms with Crippen LogP contribution in [0, 0.1) is 20.8 Å². The normalized spacial score (nSPS) is 12.9. The third kappa shape index (κ3) is 5.66. The molecule has 4 heteroatoms. The molecular formula is C20H27ClN2O. The average molecular weight is 347 g/mol. The molecule has 0 saturated heterocycles. The number of nitrogens with one attached hydrogen (secondary N) is 1. The van der Waals surface area contributed by atoms with Crippen LogP contribution in [0.25, 0.3) is 0 Å². The number of hydrogen-bond acceptors (Lipinski definition) is 2. The van der Waals surface area contributed by atoms with Crippen LogP contribution in [0.5, 0.6) is 0 Å². The van der Waals surface area contributed by atoms with Crippen molar-refractivity contribution in [2.75, 3.05) is 0 Å². The Hall–Kier alpha value is -1.84. The highest BCUT2D eigenvalue weighted by Crippen LogP contribution is 2.14. The summed E-state index contributed by atoms with van der Waals surface area (Å²) in [5, 5.41) is 3.02. The average Bonchev–Trinajstić information content (AvgIpc) is 2.45. The first kappa shape index (κ1) is 20.2. The van der Waals surface area contributed by atoms with Gasteiger partial charge >= 0.3 is 0 Å². The summed E-state index contributed by atoms with van der Waals surface area (Å²) in [6.07, 6.45) is 0.800. The summed E-state index contributed by atoms with van der Waals surface area (Å²) in [5.74, 6) is -0.134. The molecule has 0 heterocycles. The molecule has 24 heavy (non-hydrogen) atoms. The number of rotatable bonds is 5. The van der Waals surface area contributed by atoms with Crippen LogP contribution in [0.4, 0.5) is 0 Å². The molecule has 0 aliphatic carbocycles. The minimum atomic E-state index is -0.628. The lowest BCUT2D eigenvalue weighted by molar-refractivity contribution is -0.123. The van der Waals surface area contributed by atoms with Crippen LogP contribution in [-0.2, 0) is 11.2 Å². The minimum absolute atomic E-state index is 0.